The Bertz CT molecular complexity index is 691. The second kappa shape index (κ2) is 6.83. The maximum Gasteiger partial charge on any atom is 0.0705 e. The van der Waals surface area contributed by atoms with Crippen LogP contribution in [-0.2, 0) is 6.42 Å². The molecule has 0 fully saturated rings. The van der Waals surface area contributed by atoms with E-state index in [2.05, 4.69) is 59.0 Å². The minimum Gasteiger partial charge on any atom is -0.310 e. The summed E-state index contributed by atoms with van der Waals surface area (Å²) in [6, 6.07) is 15.4. The van der Waals surface area contributed by atoms with Gasteiger partial charge in [-0.15, -0.1) is 11.3 Å². The van der Waals surface area contributed by atoms with Gasteiger partial charge in [0.2, 0.25) is 0 Å². The van der Waals surface area contributed by atoms with Gasteiger partial charge in [0, 0.05) is 28.9 Å². The predicted octanol–water partition coefficient (Wildman–Crippen LogP) is 4.58. The molecule has 1 unspecified atom stereocenters. The first-order valence-electron chi connectivity index (χ1n) is 7.47. The highest BCUT2D eigenvalue weighted by Crippen LogP contribution is 2.24. The second-order valence-electron chi connectivity index (χ2n) is 5.25. The van der Waals surface area contributed by atoms with Gasteiger partial charge in [-0.1, -0.05) is 31.2 Å². The molecule has 3 heteroatoms. The molecule has 3 rings (SSSR count). The van der Waals surface area contributed by atoms with Crippen molar-refractivity contribution in [2.24, 2.45) is 0 Å². The Kier molecular flexibility index (Phi) is 4.63. The lowest BCUT2D eigenvalue weighted by Gasteiger charge is -2.19. The third kappa shape index (κ3) is 3.49. The lowest BCUT2D eigenvalue weighted by Crippen LogP contribution is -2.23. The van der Waals surface area contributed by atoms with Crippen LogP contribution in [0.3, 0.4) is 0 Å². The van der Waals surface area contributed by atoms with Crippen molar-refractivity contribution >= 4 is 22.2 Å². The molecule has 21 heavy (non-hydrogen) atoms. The highest BCUT2D eigenvalue weighted by molar-refractivity contribution is 7.09. The number of aromatic nitrogens is 1. The van der Waals surface area contributed by atoms with Gasteiger partial charge in [-0.05, 0) is 42.1 Å². The van der Waals surface area contributed by atoms with E-state index in [-0.39, 0.29) is 0 Å². The number of hydrogen-bond acceptors (Lipinski definition) is 3. The highest BCUT2D eigenvalue weighted by atomic mass is 32.1. The maximum absolute atomic E-state index is 4.48. The Morgan fingerprint density at radius 2 is 2.14 bits per heavy atom. The molecule has 0 saturated heterocycles. The lowest BCUT2D eigenvalue weighted by molar-refractivity contribution is 0.532. The molecular weight excluding hydrogens is 276 g/mol. The van der Waals surface area contributed by atoms with Gasteiger partial charge in [-0.3, -0.25) is 4.98 Å². The van der Waals surface area contributed by atoms with E-state index < -0.39 is 0 Å². The molecular formula is C18H20N2S. The Labute approximate surface area is 129 Å². The van der Waals surface area contributed by atoms with Crippen molar-refractivity contribution in [1.29, 1.82) is 0 Å². The molecule has 0 spiro atoms. The van der Waals surface area contributed by atoms with Gasteiger partial charge in [0.05, 0.1) is 5.52 Å². The van der Waals surface area contributed by atoms with Crippen LogP contribution in [0.1, 0.15) is 29.8 Å². The monoisotopic (exact) mass is 296 g/mol. The molecule has 3 aromatic rings. The van der Waals surface area contributed by atoms with Crippen LogP contribution in [0.2, 0.25) is 0 Å². The molecule has 2 aromatic heterocycles. The zero-order valence-corrected chi connectivity index (χ0v) is 13.1. The van der Waals surface area contributed by atoms with Crippen LogP contribution in [0.5, 0.6) is 0 Å². The summed E-state index contributed by atoms with van der Waals surface area (Å²) in [4.78, 5) is 5.90. The first kappa shape index (κ1) is 14.2. The number of rotatable bonds is 6. The molecule has 1 aromatic carbocycles. The zero-order valence-electron chi connectivity index (χ0n) is 12.3. The van der Waals surface area contributed by atoms with E-state index in [4.69, 9.17) is 0 Å². The molecule has 108 valence electrons. The van der Waals surface area contributed by atoms with Crippen molar-refractivity contribution in [3.05, 3.63) is 64.5 Å². The summed E-state index contributed by atoms with van der Waals surface area (Å²) in [5, 5.41) is 7.02. The molecule has 0 amide bonds. The summed E-state index contributed by atoms with van der Waals surface area (Å²) in [5.74, 6) is 0. The molecule has 1 atom stereocenters. The number of fused-ring (bicyclic) bond motifs is 1. The second-order valence-corrected chi connectivity index (χ2v) is 6.28. The topological polar surface area (TPSA) is 24.9 Å². The van der Waals surface area contributed by atoms with Crippen molar-refractivity contribution in [3.8, 4) is 0 Å². The largest absolute Gasteiger partial charge is 0.310 e. The van der Waals surface area contributed by atoms with Gasteiger partial charge < -0.3 is 5.32 Å². The average molecular weight is 296 g/mol. The summed E-state index contributed by atoms with van der Waals surface area (Å²) >= 11 is 1.83. The maximum atomic E-state index is 4.48. The standard InChI is InChI=1S/C18H20N2S/c1-2-9-19-18(13-16-6-4-11-21-16)15-8-7-14-5-3-10-20-17(14)12-15/h3-8,10-12,18-19H,2,9,13H2,1H3. The van der Waals surface area contributed by atoms with E-state index in [1.807, 2.05) is 23.6 Å². The number of pyridine rings is 1. The van der Waals surface area contributed by atoms with Crippen molar-refractivity contribution in [1.82, 2.24) is 10.3 Å². The first-order valence-corrected chi connectivity index (χ1v) is 8.35. The van der Waals surface area contributed by atoms with E-state index >= 15 is 0 Å². The minimum atomic E-state index is 0.356. The fourth-order valence-corrected chi connectivity index (χ4v) is 3.31. The summed E-state index contributed by atoms with van der Waals surface area (Å²) in [6.07, 6.45) is 4.04. The molecule has 2 heterocycles. The number of nitrogens with one attached hydrogen (secondary N) is 1. The average Bonchev–Trinajstić information content (AvgIpc) is 3.04. The van der Waals surface area contributed by atoms with Crippen LogP contribution < -0.4 is 5.32 Å². The normalized spacial score (nSPS) is 12.6. The highest BCUT2D eigenvalue weighted by Gasteiger charge is 2.13. The number of thiophene rings is 1. The summed E-state index contributed by atoms with van der Waals surface area (Å²) in [7, 11) is 0. The van der Waals surface area contributed by atoms with E-state index in [0.29, 0.717) is 6.04 Å². The Morgan fingerprint density at radius 3 is 2.95 bits per heavy atom. The van der Waals surface area contributed by atoms with Gasteiger partial charge in [0.15, 0.2) is 0 Å². The quantitative estimate of drug-likeness (QED) is 0.720. The molecule has 1 N–H and O–H groups in total. The van der Waals surface area contributed by atoms with E-state index in [0.717, 1.165) is 24.9 Å². The van der Waals surface area contributed by atoms with E-state index in [1.54, 1.807) is 0 Å². The van der Waals surface area contributed by atoms with E-state index in [1.165, 1.54) is 15.8 Å². The van der Waals surface area contributed by atoms with Crippen molar-refractivity contribution < 1.29 is 0 Å². The molecule has 0 aliphatic heterocycles. The number of nitrogens with zero attached hydrogens (tertiary/aromatic N) is 1. The Hall–Kier alpha value is -1.71. The smallest absolute Gasteiger partial charge is 0.0705 e. The lowest BCUT2D eigenvalue weighted by atomic mass is 10.0. The van der Waals surface area contributed by atoms with Crippen molar-refractivity contribution in [2.45, 2.75) is 25.8 Å². The SMILES string of the molecule is CCCNC(Cc1cccs1)c1ccc2cccnc2c1. The van der Waals surface area contributed by atoms with Crippen molar-refractivity contribution in [3.63, 3.8) is 0 Å². The first-order chi connectivity index (χ1) is 10.4. The third-order valence-electron chi connectivity index (χ3n) is 3.66. The van der Waals surface area contributed by atoms with Gasteiger partial charge in [-0.2, -0.15) is 0 Å². The molecule has 0 saturated carbocycles. The summed E-state index contributed by atoms with van der Waals surface area (Å²) in [6.45, 7) is 3.24. The molecule has 0 bridgehead atoms. The molecule has 0 aliphatic rings. The van der Waals surface area contributed by atoms with Crippen LogP contribution in [0.25, 0.3) is 10.9 Å². The zero-order chi connectivity index (χ0) is 14.5. The van der Waals surface area contributed by atoms with Gasteiger partial charge in [0.25, 0.3) is 0 Å². The van der Waals surface area contributed by atoms with Gasteiger partial charge >= 0.3 is 0 Å². The number of benzene rings is 1. The minimum absolute atomic E-state index is 0.356. The fraction of sp³-hybridized carbons (Fsp3) is 0.278. The van der Waals surface area contributed by atoms with Crippen LogP contribution in [0, 0.1) is 0 Å². The molecule has 0 radical (unpaired) electrons. The summed E-state index contributed by atoms with van der Waals surface area (Å²) < 4.78 is 0. The predicted molar refractivity (Wildman–Crippen MR) is 90.8 cm³/mol. The van der Waals surface area contributed by atoms with E-state index in [9.17, 15) is 0 Å². The summed E-state index contributed by atoms with van der Waals surface area (Å²) in [5.41, 5.74) is 2.40. The van der Waals surface area contributed by atoms with Crippen LogP contribution in [0.15, 0.2) is 54.0 Å². The van der Waals surface area contributed by atoms with Crippen LogP contribution in [0.4, 0.5) is 0 Å². The third-order valence-corrected chi connectivity index (χ3v) is 4.56. The fourth-order valence-electron chi connectivity index (χ4n) is 2.56. The molecule has 2 nitrogen and oxygen atoms in total. The van der Waals surface area contributed by atoms with Gasteiger partial charge in [0.1, 0.15) is 0 Å². The van der Waals surface area contributed by atoms with Gasteiger partial charge in [-0.25, -0.2) is 0 Å². The van der Waals surface area contributed by atoms with Crippen LogP contribution in [-0.4, -0.2) is 11.5 Å². The van der Waals surface area contributed by atoms with Crippen molar-refractivity contribution in [2.75, 3.05) is 6.54 Å². The van der Waals surface area contributed by atoms with Crippen LogP contribution >= 0.6 is 11.3 Å². The Morgan fingerprint density at radius 1 is 1.19 bits per heavy atom. The number of hydrogen-bond donors (Lipinski definition) is 1. The molecule has 0 aliphatic carbocycles. The Balaban J connectivity index is 1.89.